The molecular weight excluding hydrogens is 196 g/mol. The van der Waals surface area contributed by atoms with Crippen LogP contribution in [0.1, 0.15) is 20.8 Å². The molecule has 0 spiro atoms. The van der Waals surface area contributed by atoms with E-state index >= 15 is 0 Å². The van der Waals surface area contributed by atoms with Crippen LogP contribution in [-0.2, 0) is 14.3 Å². The first-order valence-electron chi connectivity index (χ1n) is 4.47. The molecule has 1 unspecified atom stereocenters. The maximum absolute atomic E-state index is 11.3. The fourth-order valence-corrected chi connectivity index (χ4v) is 0.720. The van der Waals surface area contributed by atoms with E-state index in [0.29, 0.717) is 0 Å². The van der Waals surface area contributed by atoms with Crippen molar-refractivity contribution in [2.45, 2.75) is 32.4 Å². The minimum Gasteiger partial charge on any atom is -0.458 e. The Bertz CT molecular complexity index is 286. The number of nitrogens with one attached hydrogen (secondary N) is 1. The summed E-state index contributed by atoms with van der Waals surface area (Å²) in [7, 11) is 0. The number of hydrogen-bond acceptors (Lipinski definition) is 4. The lowest BCUT2D eigenvalue weighted by atomic mass is 10.2. The number of amides is 1. The van der Waals surface area contributed by atoms with Gasteiger partial charge in [-0.3, -0.25) is 4.79 Å². The van der Waals surface area contributed by atoms with Crippen LogP contribution < -0.4 is 11.1 Å². The van der Waals surface area contributed by atoms with E-state index in [0.717, 1.165) is 0 Å². The quantitative estimate of drug-likeness (QED) is 0.372. The molecule has 5 heteroatoms. The molecule has 0 radical (unpaired) electrons. The SMILES string of the molecule is C#CCNC(=O)C(N)C(=O)OC(C)(C)C. The van der Waals surface area contributed by atoms with Gasteiger partial charge in [0.25, 0.3) is 0 Å². The number of ether oxygens (including phenoxy) is 1. The van der Waals surface area contributed by atoms with Gasteiger partial charge in [0.05, 0.1) is 6.54 Å². The van der Waals surface area contributed by atoms with Crippen molar-refractivity contribution in [2.75, 3.05) is 6.54 Å². The van der Waals surface area contributed by atoms with E-state index in [1.807, 2.05) is 0 Å². The fraction of sp³-hybridized carbons (Fsp3) is 0.600. The molecule has 0 aliphatic rings. The van der Waals surface area contributed by atoms with Crippen molar-refractivity contribution in [3.05, 3.63) is 0 Å². The van der Waals surface area contributed by atoms with Crippen LogP contribution in [0.15, 0.2) is 0 Å². The lowest BCUT2D eigenvalue weighted by Crippen LogP contribution is -2.48. The third kappa shape index (κ3) is 5.70. The van der Waals surface area contributed by atoms with E-state index in [1.165, 1.54) is 0 Å². The highest BCUT2D eigenvalue weighted by molar-refractivity contribution is 6.01. The molecule has 0 aliphatic carbocycles. The van der Waals surface area contributed by atoms with Crippen LogP contribution in [0.4, 0.5) is 0 Å². The summed E-state index contributed by atoms with van der Waals surface area (Å²) in [6.45, 7) is 5.11. The molecule has 84 valence electrons. The molecule has 0 aromatic rings. The van der Waals surface area contributed by atoms with Gasteiger partial charge in [-0.25, -0.2) is 4.79 Å². The molecule has 0 aliphatic heterocycles. The highest BCUT2D eigenvalue weighted by Gasteiger charge is 2.27. The maximum Gasteiger partial charge on any atom is 0.333 e. The number of esters is 1. The molecule has 5 nitrogen and oxygen atoms in total. The topological polar surface area (TPSA) is 81.4 Å². The van der Waals surface area contributed by atoms with Gasteiger partial charge in [0.1, 0.15) is 5.60 Å². The second-order valence-corrected chi connectivity index (χ2v) is 3.93. The molecule has 0 aromatic heterocycles. The van der Waals surface area contributed by atoms with E-state index in [1.54, 1.807) is 20.8 Å². The standard InChI is InChI=1S/C10H16N2O3/c1-5-6-12-8(13)7(11)9(14)15-10(2,3)4/h1,7H,6,11H2,2-4H3,(H,12,13). The summed E-state index contributed by atoms with van der Waals surface area (Å²) >= 11 is 0. The van der Waals surface area contributed by atoms with Crippen molar-refractivity contribution in [3.63, 3.8) is 0 Å². The summed E-state index contributed by atoms with van der Waals surface area (Å²) in [4.78, 5) is 22.5. The third-order valence-electron chi connectivity index (χ3n) is 1.31. The van der Waals surface area contributed by atoms with E-state index in [-0.39, 0.29) is 6.54 Å². The van der Waals surface area contributed by atoms with Crippen LogP contribution in [0.3, 0.4) is 0 Å². The van der Waals surface area contributed by atoms with Crippen LogP contribution in [0.2, 0.25) is 0 Å². The Balaban J connectivity index is 4.21. The number of terminal acetylenes is 1. The van der Waals surface area contributed by atoms with Crippen LogP contribution in [0, 0.1) is 12.3 Å². The molecule has 15 heavy (non-hydrogen) atoms. The smallest absolute Gasteiger partial charge is 0.333 e. The highest BCUT2D eigenvalue weighted by Crippen LogP contribution is 2.07. The highest BCUT2D eigenvalue weighted by atomic mass is 16.6. The molecule has 1 atom stereocenters. The number of rotatable bonds is 3. The number of nitrogens with two attached hydrogens (primary N) is 1. The summed E-state index contributed by atoms with van der Waals surface area (Å²) in [5.74, 6) is 0.798. The summed E-state index contributed by atoms with van der Waals surface area (Å²) in [6.07, 6.45) is 4.93. The molecule has 0 saturated heterocycles. The summed E-state index contributed by atoms with van der Waals surface area (Å²) in [5.41, 5.74) is 4.69. The van der Waals surface area contributed by atoms with Gasteiger partial charge in [-0.1, -0.05) is 5.92 Å². The van der Waals surface area contributed by atoms with Crippen molar-refractivity contribution < 1.29 is 14.3 Å². The molecule has 0 saturated carbocycles. The van der Waals surface area contributed by atoms with Gasteiger partial charge >= 0.3 is 5.97 Å². The van der Waals surface area contributed by atoms with Crippen LogP contribution in [-0.4, -0.2) is 30.1 Å². The van der Waals surface area contributed by atoms with Gasteiger partial charge < -0.3 is 15.8 Å². The second kappa shape index (κ2) is 5.37. The maximum atomic E-state index is 11.3. The van der Waals surface area contributed by atoms with Crippen molar-refractivity contribution in [2.24, 2.45) is 5.73 Å². The third-order valence-corrected chi connectivity index (χ3v) is 1.31. The molecular formula is C10H16N2O3. The molecule has 1 amide bonds. The number of carbonyl (C=O) groups excluding carboxylic acids is 2. The van der Waals surface area contributed by atoms with Crippen LogP contribution in [0.5, 0.6) is 0 Å². The first kappa shape index (κ1) is 13.5. The van der Waals surface area contributed by atoms with Crippen molar-refractivity contribution in [1.29, 1.82) is 0 Å². The molecule has 0 rings (SSSR count). The number of hydrogen-bond donors (Lipinski definition) is 2. The molecule has 0 aromatic carbocycles. The van der Waals surface area contributed by atoms with E-state index in [2.05, 4.69) is 11.2 Å². The Labute approximate surface area is 89.3 Å². The minimum atomic E-state index is -1.34. The van der Waals surface area contributed by atoms with Gasteiger partial charge in [-0.05, 0) is 20.8 Å². The zero-order valence-corrected chi connectivity index (χ0v) is 9.16. The Kier molecular flexibility index (Phi) is 4.82. The second-order valence-electron chi connectivity index (χ2n) is 3.93. The Morgan fingerprint density at radius 3 is 2.47 bits per heavy atom. The zero-order valence-electron chi connectivity index (χ0n) is 9.16. The summed E-state index contributed by atoms with van der Waals surface area (Å²) in [5, 5.41) is 2.30. The van der Waals surface area contributed by atoms with Crippen molar-refractivity contribution in [1.82, 2.24) is 5.32 Å². The van der Waals surface area contributed by atoms with Crippen molar-refractivity contribution >= 4 is 11.9 Å². The largest absolute Gasteiger partial charge is 0.458 e. The molecule has 0 heterocycles. The average Bonchev–Trinajstić information content (AvgIpc) is 2.10. The summed E-state index contributed by atoms with van der Waals surface area (Å²) < 4.78 is 4.92. The summed E-state index contributed by atoms with van der Waals surface area (Å²) in [6, 6.07) is -1.34. The van der Waals surface area contributed by atoms with E-state index < -0.39 is 23.5 Å². The van der Waals surface area contributed by atoms with Gasteiger partial charge in [-0.15, -0.1) is 6.42 Å². The normalized spacial score (nSPS) is 12.5. The van der Waals surface area contributed by atoms with E-state index in [4.69, 9.17) is 16.9 Å². The number of carbonyl (C=O) groups is 2. The average molecular weight is 212 g/mol. The Morgan fingerprint density at radius 1 is 1.53 bits per heavy atom. The fourth-order valence-electron chi connectivity index (χ4n) is 0.720. The first-order valence-corrected chi connectivity index (χ1v) is 4.47. The lowest BCUT2D eigenvalue weighted by Gasteiger charge is -2.21. The first-order chi connectivity index (χ1) is 6.78. The zero-order chi connectivity index (χ0) is 12.1. The van der Waals surface area contributed by atoms with Gasteiger partial charge in [-0.2, -0.15) is 0 Å². The molecule has 0 bridgehead atoms. The van der Waals surface area contributed by atoms with Gasteiger partial charge in [0, 0.05) is 0 Å². The van der Waals surface area contributed by atoms with Gasteiger partial charge in [0.15, 0.2) is 6.04 Å². The Morgan fingerprint density at radius 2 is 2.07 bits per heavy atom. The van der Waals surface area contributed by atoms with Gasteiger partial charge in [0.2, 0.25) is 5.91 Å². The van der Waals surface area contributed by atoms with E-state index in [9.17, 15) is 9.59 Å². The van der Waals surface area contributed by atoms with Crippen LogP contribution >= 0.6 is 0 Å². The predicted molar refractivity (Wildman–Crippen MR) is 55.7 cm³/mol. The monoisotopic (exact) mass is 212 g/mol. The predicted octanol–water partition coefficient (Wildman–Crippen LogP) is -0.595. The molecule has 3 N–H and O–H groups in total. The van der Waals surface area contributed by atoms with Crippen LogP contribution in [0.25, 0.3) is 0 Å². The van der Waals surface area contributed by atoms with Crippen molar-refractivity contribution in [3.8, 4) is 12.3 Å². The Hall–Kier alpha value is -1.54. The lowest BCUT2D eigenvalue weighted by molar-refractivity contribution is -0.158. The minimum absolute atomic E-state index is 0.0370. The molecule has 0 fully saturated rings.